The molecule has 1 aromatic heterocycles. The maximum atomic E-state index is 14.1. The van der Waals surface area contributed by atoms with Crippen LogP contribution in [0.1, 0.15) is 29.9 Å². The Bertz CT molecular complexity index is 795. The Balaban J connectivity index is 2.26. The van der Waals surface area contributed by atoms with E-state index in [-0.39, 0.29) is 11.9 Å². The van der Waals surface area contributed by atoms with Crippen molar-refractivity contribution in [2.75, 3.05) is 0 Å². The van der Waals surface area contributed by atoms with Gasteiger partial charge >= 0.3 is 0 Å². The van der Waals surface area contributed by atoms with E-state index < -0.39 is 0 Å². The van der Waals surface area contributed by atoms with Crippen LogP contribution in [0.3, 0.4) is 0 Å². The molecule has 0 N–H and O–H groups in total. The van der Waals surface area contributed by atoms with Crippen LogP contribution in [0.2, 0.25) is 0 Å². The van der Waals surface area contributed by atoms with Gasteiger partial charge in [-0.15, -0.1) is 11.6 Å². The first-order chi connectivity index (χ1) is 10.1. The predicted molar refractivity (Wildman–Crippen MR) is 84.2 cm³/mol. The highest BCUT2D eigenvalue weighted by molar-refractivity contribution is 6.16. The van der Waals surface area contributed by atoms with E-state index >= 15 is 0 Å². The van der Waals surface area contributed by atoms with Gasteiger partial charge in [0.15, 0.2) is 0 Å². The zero-order valence-electron chi connectivity index (χ0n) is 12.0. The number of halogens is 2. The highest BCUT2D eigenvalue weighted by atomic mass is 35.5. The minimum Gasteiger partial charge on any atom is -0.319 e. The van der Waals surface area contributed by atoms with E-state index in [4.69, 9.17) is 11.6 Å². The third kappa shape index (κ3) is 2.32. The molecule has 1 atom stereocenters. The number of rotatable bonds is 3. The van der Waals surface area contributed by atoms with Crippen molar-refractivity contribution in [1.29, 1.82) is 0 Å². The molecule has 2 aromatic carbocycles. The lowest BCUT2D eigenvalue weighted by Gasteiger charge is -2.19. The molecule has 0 aliphatic heterocycles. The second kappa shape index (κ2) is 5.49. The molecule has 0 aliphatic carbocycles. The minimum absolute atomic E-state index is 0.161. The van der Waals surface area contributed by atoms with Crippen molar-refractivity contribution < 1.29 is 4.39 Å². The molecule has 3 aromatic rings. The van der Waals surface area contributed by atoms with Crippen molar-refractivity contribution in [2.45, 2.75) is 25.8 Å². The third-order valence-electron chi connectivity index (χ3n) is 3.85. The average molecular weight is 303 g/mol. The predicted octanol–water partition coefficient (Wildman–Crippen LogP) is 4.83. The first-order valence-corrected chi connectivity index (χ1v) is 7.43. The molecule has 1 unspecified atom stereocenters. The Morgan fingerprint density at radius 3 is 2.67 bits per heavy atom. The summed E-state index contributed by atoms with van der Waals surface area (Å²) >= 11 is 6.05. The first kappa shape index (κ1) is 14.1. The fourth-order valence-electron chi connectivity index (χ4n) is 2.83. The standard InChI is InChI=1S/C17H16ClFN2/c1-11-6-5-9-15-17(11)21(16(10-18)20-15)12(2)13-7-3-4-8-14(13)19/h3-9,12H,10H2,1-2H3. The van der Waals surface area contributed by atoms with Crippen molar-refractivity contribution in [3.8, 4) is 0 Å². The number of aromatic nitrogens is 2. The Morgan fingerprint density at radius 2 is 1.95 bits per heavy atom. The van der Waals surface area contributed by atoms with Crippen molar-refractivity contribution >= 4 is 22.6 Å². The van der Waals surface area contributed by atoms with E-state index in [1.807, 2.05) is 48.7 Å². The van der Waals surface area contributed by atoms with Crippen LogP contribution < -0.4 is 0 Å². The van der Waals surface area contributed by atoms with Gasteiger partial charge in [0.2, 0.25) is 0 Å². The van der Waals surface area contributed by atoms with Crippen LogP contribution in [0.15, 0.2) is 42.5 Å². The molecule has 0 fully saturated rings. The fraction of sp³-hybridized carbons (Fsp3) is 0.235. The van der Waals surface area contributed by atoms with E-state index in [2.05, 4.69) is 4.98 Å². The third-order valence-corrected chi connectivity index (χ3v) is 4.09. The normalized spacial score (nSPS) is 12.8. The van der Waals surface area contributed by atoms with Gasteiger partial charge in [0.25, 0.3) is 0 Å². The van der Waals surface area contributed by atoms with Gasteiger partial charge in [0.1, 0.15) is 11.6 Å². The van der Waals surface area contributed by atoms with Crippen molar-refractivity contribution in [2.24, 2.45) is 0 Å². The topological polar surface area (TPSA) is 17.8 Å². The lowest BCUT2D eigenvalue weighted by atomic mass is 10.1. The monoisotopic (exact) mass is 302 g/mol. The SMILES string of the molecule is Cc1cccc2nc(CCl)n(C(C)c3ccccc3F)c12. The first-order valence-electron chi connectivity index (χ1n) is 6.90. The molecule has 0 bridgehead atoms. The molecule has 0 saturated heterocycles. The minimum atomic E-state index is -0.207. The van der Waals surface area contributed by atoms with Crippen LogP contribution in [-0.4, -0.2) is 9.55 Å². The maximum absolute atomic E-state index is 14.1. The number of imidazole rings is 1. The summed E-state index contributed by atoms with van der Waals surface area (Å²) in [6.07, 6.45) is 0. The van der Waals surface area contributed by atoms with Crippen molar-refractivity contribution in [3.63, 3.8) is 0 Å². The molecular weight excluding hydrogens is 287 g/mol. The highest BCUT2D eigenvalue weighted by Gasteiger charge is 2.19. The van der Waals surface area contributed by atoms with Gasteiger partial charge in [0, 0.05) is 5.56 Å². The summed E-state index contributed by atoms with van der Waals surface area (Å²) in [6.45, 7) is 4.01. The quantitative estimate of drug-likeness (QED) is 0.634. The van der Waals surface area contributed by atoms with E-state index in [9.17, 15) is 4.39 Å². The lowest BCUT2D eigenvalue weighted by Crippen LogP contribution is -2.12. The van der Waals surface area contributed by atoms with Gasteiger partial charge in [-0.05, 0) is 31.5 Å². The van der Waals surface area contributed by atoms with Crippen LogP contribution in [0.4, 0.5) is 4.39 Å². The number of hydrogen-bond donors (Lipinski definition) is 0. The van der Waals surface area contributed by atoms with Crippen LogP contribution in [0.5, 0.6) is 0 Å². The second-order valence-corrected chi connectivity index (χ2v) is 5.44. The highest BCUT2D eigenvalue weighted by Crippen LogP contribution is 2.29. The summed E-state index contributed by atoms with van der Waals surface area (Å²) < 4.78 is 16.1. The van der Waals surface area contributed by atoms with Gasteiger partial charge in [-0.2, -0.15) is 0 Å². The van der Waals surface area contributed by atoms with Gasteiger partial charge in [-0.25, -0.2) is 9.37 Å². The molecule has 0 saturated carbocycles. The van der Waals surface area contributed by atoms with Crippen LogP contribution in [-0.2, 0) is 5.88 Å². The molecule has 1 heterocycles. The number of nitrogens with zero attached hydrogens (tertiary/aromatic N) is 2. The number of hydrogen-bond acceptors (Lipinski definition) is 1. The molecule has 21 heavy (non-hydrogen) atoms. The molecule has 0 amide bonds. The molecule has 3 rings (SSSR count). The Kier molecular flexibility index (Phi) is 3.68. The largest absolute Gasteiger partial charge is 0.319 e. The van der Waals surface area contributed by atoms with Crippen molar-refractivity contribution in [3.05, 3.63) is 65.2 Å². The van der Waals surface area contributed by atoms with E-state index in [1.54, 1.807) is 6.07 Å². The maximum Gasteiger partial charge on any atom is 0.128 e. The molecule has 0 aliphatic rings. The number of benzene rings is 2. The molecule has 0 spiro atoms. The lowest BCUT2D eigenvalue weighted by molar-refractivity contribution is 0.556. The van der Waals surface area contributed by atoms with E-state index in [0.29, 0.717) is 11.4 Å². The van der Waals surface area contributed by atoms with E-state index in [1.165, 1.54) is 6.07 Å². The Morgan fingerprint density at radius 1 is 1.19 bits per heavy atom. The number of alkyl halides is 1. The smallest absolute Gasteiger partial charge is 0.128 e. The van der Waals surface area contributed by atoms with Gasteiger partial charge < -0.3 is 4.57 Å². The number of aryl methyl sites for hydroxylation is 1. The molecule has 4 heteroatoms. The average Bonchev–Trinajstić information content (AvgIpc) is 2.87. The molecule has 108 valence electrons. The number of fused-ring (bicyclic) bond motifs is 1. The van der Waals surface area contributed by atoms with Gasteiger partial charge in [-0.3, -0.25) is 0 Å². The summed E-state index contributed by atoms with van der Waals surface area (Å²) in [7, 11) is 0. The van der Waals surface area contributed by atoms with Crippen LogP contribution in [0, 0.1) is 12.7 Å². The zero-order chi connectivity index (χ0) is 15.0. The van der Waals surface area contributed by atoms with Gasteiger partial charge in [0.05, 0.1) is 23.0 Å². The number of para-hydroxylation sites is 1. The van der Waals surface area contributed by atoms with Crippen molar-refractivity contribution in [1.82, 2.24) is 9.55 Å². The molecule has 0 radical (unpaired) electrons. The Hall–Kier alpha value is -1.87. The Labute approximate surface area is 128 Å². The summed E-state index contributed by atoms with van der Waals surface area (Å²) in [5.41, 5.74) is 3.67. The molecule has 2 nitrogen and oxygen atoms in total. The summed E-state index contributed by atoms with van der Waals surface area (Å²) in [4.78, 5) is 4.58. The van der Waals surface area contributed by atoms with Gasteiger partial charge in [-0.1, -0.05) is 30.3 Å². The summed E-state index contributed by atoms with van der Waals surface area (Å²) in [5.74, 6) is 0.852. The van der Waals surface area contributed by atoms with Crippen LogP contribution >= 0.6 is 11.6 Å². The molecular formula is C17H16ClFN2. The fourth-order valence-corrected chi connectivity index (χ4v) is 3.02. The van der Waals surface area contributed by atoms with E-state index in [0.717, 1.165) is 22.4 Å². The summed E-state index contributed by atoms with van der Waals surface area (Å²) in [6, 6.07) is 12.6. The summed E-state index contributed by atoms with van der Waals surface area (Å²) in [5, 5.41) is 0. The second-order valence-electron chi connectivity index (χ2n) is 5.17. The van der Waals surface area contributed by atoms with Crippen LogP contribution in [0.25, 0.3) is 11.0 Å². The zero-order valence-corrected chi connectivity index (χ0v) is 12.7.